The lowest BCUT2D eigenvalue weighted by Crippen LogP contribution is -2.14. The minimum Gasteiger partial charge on any atom is -0.310 e. The highest BCUT2D eigenvalue weighted by molar-refractivity contribution is 5.47. The minimum absolute atomic E-state index is 0.791. The van der Waals surface area contributed by atoms with Gasteiger partial charge in [-0.25, -0.2) is 0 Å². The normalized spacial score (nSPS) is 15.7. The van der Waals surface area contributed by atoms with Crippen LogP contribution in [0.3, 0.4) is 0 Å². The van der Waals surface area contributed by atoms with Gasteiger partial charge in [-0.2, -0.15) is 0 Å². The Bertz CT molecular complexity index is 282. The van der Waals surface area contributed by atoms with E-state index in [0.29, 0.717) is 0 Å². The van der Waals surface area contributed by atoms with Gasteiger partial charge in [-0.15, -0.1) is 0 Å². The Labute approximate surface area is 79.5 Å². The summed E-state index contributed by atoms with van der Waals surface area (Å²) in [5.74, 6) is 0. The van der Waals surface area contributed by atoms with Crippen molar-refractivity contribution in [1.29, 1.82) is 0 Å². The van der Waals surface area contributed by atoms with Crippen molar-refractivity contribution in [2.45, 2.75) is 25.4 Å². The topological polar surface area (TPSA) is 12.0 Å². The Kier molecular flexibility index (Phi) is 2.46. The summed E-state index contributed by atoms with van der Waals surface area (Å²) in [6, 6.07) is 9.33. The van der Waals surface area contributed by atoms with Crippen LogP contribution in [0.1, 0.15) is 24.0 Å². The molecule has 2 rings (SSSR count). The SMILES string of the molecule is C=Cc1ccc(CNC2CC2)cc1. The Morgan fingerprint density at radius 1 is 1.31 bits per heavy atom. The van der Waals surface area contributed by atoms with Gasteiger partial charge in [0.05, 0.1) is 0 Å². The molecule has 1 nitrogen and oxygen atoms in total. The van der Waals surface area contributed by atoms with Gasteiger partial charge >= 0.3 is 0 Å². The zero-order valence-corrected chi connectivity index (χ0v) is 7.79. The fourth-order valence-corrected chi connectivity index (χ4v) is 1.32. The number of hydrogen-bond acceptors (Lipinski definition) is 1. The molecule has 0 unspecified atom stereocenters. The van der Waals surface area contributed by atoms with Crippen LogP contribution < -0.4 is 5.32 Å². The second kappa shape index (κ2) is 3.75. The fraction of sp³-hybridized carbons (Fsp3) is 0.333. The molecule has 68 valence electrons. The lowest BCUT2D eigenvalue weighted by molar-refractivity contribution is 0.688. The summed E-state index contributed by atoms with van der Waals surface area (Å²) in [6.07, 6.45) is 4.58. The second-order valence-corrected chi connectivity index (χ2v) is 3.60. The average molecular weight is 173 g/mol. The molecule has 0 radical (unpaired) electrons. The highest BCUT2D eigenvalue weighted by Gasteiger charge is 2.19. The third-order valence-electron chi connectivity index (χ3n) is 2.39. The molecule has 1 aliphatic rings. The number of rotatable bonds is 4. The van der Waals surface area contributed by atoms with Crippen LogP contribution in [0.4, 0.5) is 0 Å². The van der Waals surface area contributed by atoms with Crippen LogP contribution in [0.25, 0.3) is 6.08 Å². The molecule has 1 aliphatic carbocycles. The van der Waals surface area contributed by atoms with Crippen LogP contribution in [0.5, 0.6) is 0 Å². The first-order valence-corrected chi connectivity index (χ1v) is 4.83. The fourth-order valence-electron chi connectivity index (χ4n) is 1.32. The van der Waals surface area contributed by atoms with Crippen molar-refractivity contribution in [3.63, 3.8) is 0 Å². The van der Waals surface area contributed by atoms with E-state index in [9.17, 15) is 0 Å². The summed E-state index contributed by atoms with van der Waals surface area (Å²) in [7, 11) is 0. The molecular weight excluding hydrogens is 158 g/mol. The van der Waals surface area contributed by atoms with Crippen LogP contribution in [0.15, 0.2) is 30.8 Å². The van der Waals surface area contributed by atoms with Crippen molar-refractivity contribution in [3.8, 4) is 0 Å². The quantitative estimate of drug-likeness (QED) is 0.738. The van der Waals surface area contributed by atoms with E-state index in [1.165, 1.54) is 24.0 Å². The van der Waals surface area contributed by atoms with E-state index in [-0.39, 0.29) is 0 Å². The molecule has 0 bridgehead atoms. The van der Waals surface area contributed by atoms with Gasteiger partial charge < -0.3 is 5.32 Å². The highest BCUT2D eigenvalue weighted by Crippen LogP contribution is 2.19. The van der Waals surface area contributed by atoms with E-state index < -0.39 is 0 Å². The molecule has 1 fully saturated rings. The predicted molar refractivity (Wildman–Crippen MR) is 56.4 cm³/mol. The van der Waals surface area contributed by atoms with Gasteiger partial charge in [0, 0.05) is 12.6 Å². The zero-order chi connectivity index (χ0) is 9.10. The van der Waals surface area contributed by atoms with Gasteiger partial charge in [-0.05, 0) is 24.0 Å². The largest absolute Gasteiger partial charge is 0.310 e. The molecule has 1 aromatic carbocycles. The lowest BCUT2D eigenvalue weighted by atomic mass is 10.1. The van der Waals surface area contributed by atoms with E-state index in [1.807, 2.05) is 6.08 Å². The number of nitrogens with one attached hydrogen (secondary N) is 1. The Hall–Kier alpha value is -1.08. The first kappa shape index (κ1) is 8.52. The third-order valence-corrected chi connectivity index (χ3v) is 2.39. The average Bonchev–Trinajstić information content (AvgIpc) is 2.99. The summed E-state index contributed by atoms with van der Waals surface area (Å²) < 4.78 is 0. The van der Waals surface area contributed by atoms with Crippen molar-refractivity contribution >= 4 is 6.08 Å². The molecule has 0 atom stereocenters. The molecule has 1 saturated carbocycles. The molecule has 1 N–H and O–H groups in total. The monoisotopic (exact) mass is 173 g/mol. The summed E-state index contributed by atoms with van der Waals surface area (Å²) >= 11 is 0. The zero-order valence-electron chi connectivity index (χ0n) is 7.79. The molecule has 0 amide bonds. The van der Waals surface area contributed by atoms with Gasteiger partial charge in [0.1, 0.15) is 0 Å². The molecule has 0 spiro atoms. The molecule has 0 aromatic heterocycles. The molecule has 0 heterocycles. The van der Waals surface area contributed by atoms with Crippen LogP contribution in [0.2, 0.25) is 0 Å². The maximum atomic E-state index is 3.73. The third kappa shape index (κ3) is 2.43. The molecular formula is C12H15N. The molecule has 1 aromatic rings. The maximum absolute atomic E-state index is 3.73. The van der Waals surface area contributed by atoms with E-state index in [0.717, 1.165) is 12.6 Å². The van der Waals surface area contributed by atoms with Gasteiger partial charge in [-0.3, -0.25) is 0 Å². The first-order valence-electron chi connectivity index (χ1n) is 4.83. The Morgan fingerprint density at radius 3 is 2.54 bits per heavy atom. The van der Waals surface area contributed by atoms with Gasteiger partial charge in [0.2, 0.25) is 0 Å². The van der Waals surface area contributed by atoms with Crippen molar-refractivity contribution in [3.05, 3.63) is 42.0 Å². The van der Waals surface area contributed by atoms with E-state index in [2.05, 4.69) is 36.2 Å². The first-order chi connectivity index (χ1) is 6.38. The van der Waals surface area contributed by atoms with E-state index >= 15 is 0 Å². The smallest absolute Gasteiger partial charge is 0.0208 e. The Morgan fingerprint density at radius 2 is 2.00 bits per heavy atom. The molecule has 0 aliphatic heterocycles. The predicted octanol–water partition coefficient (Wildman–Crippen LogP) is 2.58. The van der Waals surface area contributed by atoms with Crippen molar-refractivity contribution in [2.75, 3.05) is 0 Å². The van der Waals surface area contributed by atoms with Crippen LogP contribution in [-0.4, -0.2) is 6.04 Å². The summed E-state index contributed by atoms with van der Waals surface area (Å²) in [6.45, 7) is 4.73. The van der Waals surface area contributed by atoms with E-state index in [4.69, 9.17) is 0 Å². The molecule has 13 heavy (non-hydrogen) atoms. The van der Waals surface area contributed by atoms with Gasteiger partial charge in [0.15, 0.2) is 0 Å². The minimum atomic E-state index is 0.791. The number of hydrogen-bond donors (Lipinski definition) is 1. The van der Waals surface area contributed by atoms with Crippen molar-refractivity contribution < 1.29 is 0 Å². The second-order valence-electron chi connectivity index (χ2n) is 3.60. The van der Waals surface area contributed by atoms with Crippen molar-refractivity contribution in [2.24, 2.45) is 0 Å². The van der Waals surface area contributed by atoms with Crippen LogP contribution in [0, 0.1) is 0 Å². The highest BCUT2D eigenvalue weighted by atomic mass is 14.9. The van der Waals surface area contributed by atoms with Crippen LogP contribution in [-0.2, 0) is 6.54 Å². The number of benzene rings is 1. The summed E-state index contributed by atoms with van der Waals surface area (Å²) in [5, 5.41) is 3.48. The molecule has 1 heteroatoms. The maximum Gasteiger partial charge on any atom is 0.0208 e. The lowest BCUT2D eigenvalue weighted by Gasteiger charge is -2.02. The van der Waals surface area contributed by atoms with Gasteiger partial charge in [0.25, 0.3) is 0 Å². The van der Waals surface area contributed by atoms with E-state index in [1.54, 1.807) is 0 Å². The van der Waals surface area contributed by atoms with Crippen LogP contribution >= 0.6 is 0 Å². The summed E-state index contributed by atoms with van der Waals surface area (Å²) in [5.41, 5.74) is 2.55. The van der Waals surface area contributed by atoms with Crippen molar-refractivity contribution in [1.82, 2.24) is 5.32 Å². The van der Waals surface area contributed by atoms with Gasteiger partial charge in [-0.1, -0.05) is 36.9 Å². The molecule has 0 saturated heterocycles. The Balaban J connectivity index is 1.91. The standard InChI is InChI=1S/C12H15N/c1-2-10-3-5-11(6-4-10)9-13-12-7-8-12/h2-6,12-13H,1,7-9H2. The summed E-state index contributed by atoms with van der Waals surface area (Å²) in [4.78, 5) is 0.